The summed E-state index contributed by atoms with van der Waals surface area (Å²) in [4.78, 5) is 14.2. The third kappa shape index (κ3) is 5.11. The second-order valence-electron chi connectivity index (χ2n) is 7.00. The van der Waals surface area contributed by atoms with Gasteiger partial charge < -0.3 is 11.1 Å². The lowest BCUT2D eigenvalue weighted by Crippen LogP contribution is -2.55. The van der Waals surface area contributed by atoms with Gasteiger partial charge in [0, 0.05) is 17.6 Å². The highest BCUT2D eigenvalue weighted by Gasteiger charge is 2.34. The highest BCUT2D eigenvalue weighted by molar-refractivity contribution is 5.78. The quantitative estimate of drug-likeness (QED) is 0.766. The predicted molar refractivity (Wildman–Crippen MR) is 80.0 cm³/mol. The molecule has 0 atom stereocenters. The van der Waals surface area contributed by atoms with Crippen molar-refractivity contribution >= 4 is 5.91 Å². The smallest absolute Gasteiger partial charge is 0.234 e. The summed E-state index contributed by atoms with van der Waals surface area (Å²) in [5.74, 6) is 0.0899. The molecule has 3 N–H and O–H groups in total. The largest absolute Gasteiger partial charge is 0.350 e. The molecule has 0 heterocycles. The van der Waals surface area contributed by atoms with E-state index in [2.05, 4.69) is 10.2 Å². The van der Waals surface area contributed by atoms with Gasteiger partial charge >= 0.3 is 0 Å². The molecule has 1 aliphatic rings. The van der Waals surface area contributed by atoms with Crippen molar-refractivity contribution in [2.24, 2.45) is 5.73 Å². The molecule has 1 saturated carbocycles. The first kappa shape index (κ1) is 16.4. The molecule has 19 heavy (non-hydrogen) atoms. The van der Waals surface area contributed by atoms with Crippen molar-refractivity contribution in [3.05, 3.63) is 0 Å². The van der Waals surface area contributed by atoms with Crippen LogP contribution in [0.25, 0.3) is 0 Å². The zero-order valence-corrected chi connectivity index (χ0v) is 13.1. The lowest BCUT2D eigenvalue weighted by atomic mass is 9.88. The summed E-state index contributed by atoms with van der Waals surface area (Å²) < 4.78 is 0. The van der Waals surface area contributed by atoms with Crippen LogP contribution in [0.15, 0.2) is 0 Å². The van der Waals surface area contributed by atoms with Crippen LogP contribution in [0.1, 0.15) is 59.3 Å². The van der Waals surface area contributed by atoms with E-state index in [9.17, 15) is 4.79 Å². The number of amides is 1. The molecule has 1 aliphatic carbocycles. The molecule has 0 unspecified atom stereocenters. The molecule has 1 rings (SSSR count). The molecule has 4 nitrogen and oxygen atoms in total. The van der Waals surface area contributed by atoms with E-state index in [0.717, 1.165) is 12.8 Å². The number of nitrogens with two attached hydrogens (primary N) is 1. The third-order valence-electron chi connectivity index (χ3n) is 4.12. The van der Waals surface area contributed by atoms with Crippen molar-refractivity contribution in [3.8, 4) is 0 Å². The number of hydrogen-bond donors (Lipinski definition) is 2. The van der Waals surface area contributed by atoms with Gasteiger partial charge in [-0.2, -0.15) is 0 Å². The number of hydrogen-bond acceptors (Lipinski definition) is 3. The summed E-state index contributed by atoms with van der Waals surface area (Å²) in [7, 11) is 2.04. The van der Waals surface area contributed by atoms with Crippen LogP contribution in [0.5, 0.6) is 0 Å². The SMILES string of the molecule is CN(CC(=O)NC(C)(C)C)C1(CN)CCCCCC1. The Morgan fingerprint density at radius 2 is 1.74 bits per heavy atom. The maximum Gasteiger partial charge on any atom is 0.234 e. The van der Waals surface area contributed by atoms with Gasteiger partial charge in [0.25, 0.3) is 0 Å². The van der Waals surface area contributed by atoms with Crippen molar-refractivity contribution in [2.45, 2.75) is 70.4 Å². The standard InChI is InChI=1S/C15H31N3O/c1-14(2,3)17-13(19)11-18(4)15(12-16)9-7-5-6-8-10-15/h5-12,16H2,1-4H3,(H,17,19). The molecule has 0 aromatic carbocycles. The van der Waals surface area contributed by atoms with Gasteiger partial charge in [-0.05, 0) is 40.7 Å². The van der Waals surface area contributed by atoms with E-state index in [1.165, 1.54) is 25.7 Å². The lowest BCUT2D eigenvalue weighted by molar-refractivity contribution is -0.124. The fraction of sp³-hybridized carbons (Fsp3) is 0.933. The molecule has 0 spiro atoms. The fourth-order valence-corrected chi connectivity index (χ4v) is 2.97. The van der Waals surface area contributed by atoms with Crippen LogP contribution >= 0.6 is 0 Å². The lowest BCUT2D eigenvalue weighted by Gasteiger charge is -2.41. The van der Waals surface area contributed by atoms with Crippen LogP contribution in [0.2, 0.25) is 0 Å². The van der Waals surface area contributed by atoms with E-state index in [4.69, 9.17) is 5.73 Å². The van der Waals surface area contributed by atoms with Gasteiger partial charge in [0.15, 0.2) is 0 Å². The van der Waals surface area contributed by atoms with Crippen molar-refractivity contribution in [1.82, 2.24) is 10.2 Å². The molecule has 0 aromatic heterocycles. The predicted octanol–water partition coefficient (Wildman–Crippen LogP) is 1.88. The highest BCUT2D eigenvalue weighted by atomic mass is 16.2. The van der Waals surface area contributed by atoms with Gasteiger partial charge in [0.2, 0.25) is 5.91 Å². The minimum atomic E-state index is -0.169. The number of nitrogens with one attached hydrogen (secondary N) is 1. The first-order valence-corrected chi connectivity index (χ1v) is 7.51. The summed E-state index contributed by atoms with van der Waals surface area (Å²) in [6.45, 7) is 7.11. The number of carbonyl (C=O) groups excluding carboxylic acids is 1. The number of nitrogens with zero attached hydrogens (tertiary/aromatic N) is 1. The van der Waals surface area contributed by atoms with E-state index >= 15 is 0 Å². The Hall–Kier alpha value is -0.610. The Kier molecular flexibility index (Phi) is 5.81. The molecule has 4 heteroatoms. The van der Waals surface area contributed by atoms with Gasteiger partial charge in [-0.15, -0.1) is 0 Å². The summed E-state index contributed by atoms with van der Waals surface area (Å²) in [5.41, 5.74) is 5.89. The van der Waals surface area contributed by atoms with Crippen LogP contribution in [-0.4, -0.2) is 42.0 Å². The molecule has 0 bridgehead atoms. The number of carbonyl (C=O) groups is 1. The normalized spacial score (nSPS) is 20.1. The third-order valence-corrected chi connectivity index (χ3v) is 4.12. The summed E-state index contributed by atoms with van der Waals surface area (Å²) in [6, 6.07) is 0. The number of likely N-dealkylation sites (N-methyl/N-ethyl adjacent to an activating group) is 1. The Bertz CT molecular complexity index is 288. The molecule has 0 saturated heterocycles. The van der Waals surface area contributed by atoms with Gasteiger partial charge in [-0.1, -0.05) is 25.7 Å². The molecular weight excluding hydrogens is 238 g/mol. The summed E-state index contributed by atoms with van der Waals surface area (Å²) >= 11 is 0. The van der Waals surface area contributed by atoms with Crippen LogP contribution in [0.4, 0.5) is 0 Å². The summed E-state index contributed by atoms with van der Waals surface area (Å²) in [5, 5.41) is 3.02. The van der Waals surface area contributed by atoms with Gasteiger partial charge in [0.1, 0.15) is 0 Å². The molecule has 112 valence electrons. The topological polar surface area (TPSA) is 58.4 Å². The highest BCUT2D eigenvalue weighted by Crippen LogP contribution is 2.30. The molecule has 1 amide bonds. The van der Waals surface area contributed by atoms with E-state index in [-0.39, 0.29) is 17.0 Å². The molecule has 0 radical (unpaired) electrons. The zero-order chi connectivity index (χ0) is 14.5. The molecule has 1 fully saturated rings. The Labute approximate surface area is 118 Å². The van der Waals surface area contributed by atoms with E-state index in [0.29, 0.717) is 13.1 Å². The van der Waals surface area contributed by atoms with E-state index in [1.54, 1.807) is 0 Å². The van der Waals surface area contributed by atoms with Crippen LogP contribution in [0.3, 0.4) is 0 Å². The molecular formula is C15H31N3O. The van der Waals surface area contributed by atoms with Gasteiger partial charge in [-0.3, -0.25) is 9.69 Å². The Morgan fingerprint density at radius 3 is 2.16 bits per heavy atom. The average Bonchev–Trinajstić information content (AvgIpc) is 2.52. The second-order valence-corrected chi connectivity index (χ2v) is 7.00. The fourth-order valence-electron chi connectivity index (χ4n) is 2.97. The number of rotatable bonds is 4. The molecule has 0 aromatic rings. The second kappa shape index (κ2) is 6.71. The van der Waals surface area contributed by atoms with Crippen LogP contribution in [0, 0.1) is 0 Å². The minimum absolute atomic E-state index is 0.0196. The zero-order valence-electron chi connectivity index (χ0n) is 13.1. The van der Waals surface area contributed by atoms with Crippen LogP contribution in [-0.2, 0) is 4.79 Å². The summed E-state index contributed by atoms with van der Waals surface area (Å²) in [6.07, 6.45) is 7.27. The van der Waals surface area contributed by atoms with Crippen molar-refractivity contribution < 1.29 is 4.79 Å². The van der Waals surface area contributed by atoms with E-state index in [1.807, 2.05) is 27.8 Å². The van der Waals surface area contributed by atoms with Crippen molar-refractivity contribution in [1.29, 1.82) is 0 Å². The maximum absolute atomic E-state index is 12.1. The Balaban J connectivity index is 2.62. The Morgan fingerprint density at radius 1 is 1.21 bits per heavy atom. The average molecular weight is 269 g/mol. The first-order chi connectivity index (χ1) is 8.79. The van der Waals surface area contributed by atoms with Crippen molar-refractivity contribution in [2.75, 3.05) is 20.1 Å². The minimum Gasteiger partial charge on any atom is -0.350 e. The maximum atomic E-state index is 12.1. The van der Waals surface area contributed by atoms with Crippen molar-refractivity contribution in [3.63, 3.8) is 0 Å². The van der Waals surface area contributed by atoms with Gasteiger partial charge in [0.05, 0.1) is 6.54 Å². The monoisotopic (exact) mass is 269 g/mol. The van der Waals surface area contributed by atoms with E-state index < -0.39 is 0 Å². The molecule has 0 aliphatic heterocycles. The first-order valence-electron chi connectivity index (χ1n) is 7.51. The van der Waals surface area contributed by atoms with Gasteiger partial charge in [-0.25, -0.2) is 0 Å². The van der Waals surface area contributed by atoms with Crippen LogP contribution < -0.4 is 11.1 Å².